The lowest BCUT2D eigenvalue weighted by Crippen LogP contribution is -1.99. The second kappa shape index (κ2) is 5.67. The minimum Gasteiger partial charge on any atom is -0.744 e. The highest BCUT2D eigenvalue weighted by Crippen LogP contribution is 2.29. The Morgan fingerprint density at radius 3 is 2.14 bits per heavy atom. The van der Waals surface area contributed by atoms with Gasteiger partial charge < -0.3 is 4.55 Å². The van der Waals surface area contributed by atoms with E-state index in [0.717, 1.165) is 0 Å². The zero-order valence-electron chi connectivity index (χ0n) is 11.4. The van der Waals surface area contributed by atoms with Gasteiger partial charge in [-0.25, -0.2) is 8.42 Å². The van der Waals surface area contributed by atoms with Crippen LogP contribution >= 0.6 is 0 Å². The molecule has 0 N–H and O–H groups in total. The van der Waals surface area contributed by atoms with E-state index in [1.165, 1.54) is 6.07 Å². The summed E-state index contributed by atoms with van der Waals surface area (Å²) < 4.78 is 34.3. The van der Waals surface area contributed by atoms with Gasteiger partial charge in [0, 0.05) is 0 Å². The summed E-state index contributed by atoms with van der Waals surface area (Å²) in [5.41, 5.74) is 0.958. The summed E-state index contributed by atoms with van der Waals surface area (Å²) >= 11 is 0. The second-order valence-corrected chi connectivity index (χ2v) is 6.00. The predicted octanol–water partition coefficient (Wildman–Crippen LogP) is 4.16. The minimum absolute atomic E-state index is 0.285. The van der Waals surface area contributed by atoms with Crippen LogP contribution < -0.4 is 0 Å². The lowest BCUT2D eigenvalue weighted by Gasteiger charge is -2.11. The summed E-state index contributed by atoms with van der Waals surface area (Å²) in [7, 11) is -4.59. The Bertz CT molecular complexity index is 952. The van der Waals surface area contributed by atoms with Crippen LogP contribution in [0.2, 0.25) is 0 Å². The normalized spacial score (nSPS) is 12.0. The molecule has 0 amide bonds. The van der Waals surface area contributed by atoms with Crippen molar-refractivity contribution in [3.8, 4) is 0 Å². The average Bonchev–Trinajstić information content (AvgIpc) is 2.52. The standard InChI is InChI=1S/C16H12N2O3S/c19-22(20,21)16-11-14(10-12-6-4-5-9-15(12)16)18-17-13-7-2-1-3-8-13/h1-11H,(H,19,20,21)/p-1. The molecule has 0 bridgehead atoms. The number of azo groups is 1. The Hall–Kier alpha value is -2.57. The molecule has 0 aliphatic heterocycles. The second-order valence-electron chi connectivity index (χ2n) is 4.65. The number of fused-ring (bicyclic) bond motifs is 1. The third-order valence-electron chi connectivity index (χ3n) is 3.12. The highest BCUT2D eigenvalue weighted by atomic mass is 32.2. The lowest BCUT2D eigenvalue weighted by atomic mass is 10.1. The van der Waals surface area contributed by atoms with Gasteiger partial charge in [-0.3, -0.25) is 0 Å². The number of benzene rings is 3. The molecule has 0 fully saturated rings. The molecule has 0 spiro atoms. The molecule has 0 saturated heterocycles. The van der Waals surface area contributed by atoms with E-state index >= 15 is 0 Å². The van der Waals surface area contributed by atoms with Crippen LogP contribution in [-0.4, -0.2) is 13.0 Å². The van der Waals surface area contributed by atoms with Gasteiger partial charge in [0.05, 0.1) is 16.3 Å². The average molecular weight is 311 g/mol. The molecule has 3 aromatic carbocycles. The van der Waals surface area contributed by atoms with Gasteiger partial charge in [-0.1, -0.05) is 42.5 Å². The monoisotopic (exact) mass is 311 g/mol. The first-order valence-electron chi connectivity index (χ1n) is 6.49. The van der Waals surface area contributed by atoms with Crippen LogP contribution in [0.15, 0.2) is 81.9 Å². The molecule has 0 saturated carbocycles. The number of rotatable bonds is 3. The van der Waals surface area contributed by atoms with E-state index in [1.807, 2.05) is 18.2 Å². The first kappa shape index (κ1) is 14.4. The fraction of sp³-hybridized carbons (Fsp3) is 0. The number of hydrogen-bond donors (Lipinski definition) is 0. The summed E-state index contributed by atoms with van der Waals surface area (Å²) in [6, 6.07) is 18.8. The summed E-state index contributed by atoms with van der Waals surface area (Å²) in [6.07, 6.45) is 0. The first-order valence-corrected chi connectivity index (χ1v) is 7.90. The summed E-state index contributed by atoms with van der Waals surface area (Å²) in [5, 5.41) is 9.07. The molecule has 0 aliphatic carbocycles. The van der Waals surface area contributed by atoms with E-state index < -0.39 is 10.1 Å². The maximum Gasteiger partial charge on any atom is 0.125 e. The molecule has 3 rings (SSSR count). The maximum absolute atomic E-state index is 11.4. The molecule has 0 unspecified atom stereocenters. The summed E-state index contributed by atoms with van der Waals surface area (Å²) in [6.45, 7) is 0. The predicted molar refractivity (Wildman–Crippen MR) is 82.5 cm³/mol. The van der Waals surface area contributed by atoms with E-state index in [2.05, 4.69) is 10.2 Å². The van der Waals surface area contributed by atoms with E-state index in [4.69, 9.17) is 0 Å². The van der Waals surface area contributed by atoms with Gasteiger partial charge in [0.15, 0.2) is 0 Å². The Labute approximate surface area is 127 Å². The van der Waals surface area contributed by atoms with Crippen LogP contribution in [0.3, 0.4) is 0 Å². The topological polar surface area (TPSA) is 81.9 Å². The first-order chi connectivity index (χ1) is 10.5. The highest BCUT2D eigenvalue weighted by Gasteiger charge is 2.09. The Kier molecular flexibility index (Phi) is 3.70. The molecule has 0 atom stereocenters. The van der Waals surface area contributed by atoms with Crippen molar-refractivity contribution >= 4 is 32.3 Å². The van der Waals surface area contributed by atoms with Crippen molar-refractivity contribution < 1.29 is 13.0 Å². The van der Waals surface area contributed by atoms with Crippen molar-refractivity contribution in [3.63, 3.8) is 0 Å². The Balaban J connectivity index is 2.14. The molecule has 110 valence electrons. The Morgan fingerprint density at radius 2 is 1.41 bits per heavy atom. The maximum atomic E-state index is 11.4. The molecule has 0 aliphatic rings. The van der Waals surface area contributed by atoms with Crippen molar-refractivity contribution in [3.05, 3.63) is 66.7 Å². The van der Waals surface area contributed by atoms with Crippen molar-refractivity contribution in [1.82, 2.24) is 0 Å². The molecule has 0 aromatic heterocycles. The third-order valence-corrected chi connectivity index (χ3v) is 3.99. The quantitative estimate of drug-likeness (QED) is 0.538. The number of nitrogens with zero attached hydrogens (tertiary/aromatic N) is 2. The van der Waals surface area contributed by atoms with Crippen LogP contribution in [0.1, 0.15) is 0 Å². The van der Waals surface area contributed by atoms with Crippen molar-refractivity contribution in [2.24, 2.45) is 10.2 Å². The molecule has 3 aromatic rings. The third kappa shape index (κ3) is 3.03. The van der Waals surface area contributed by atoms with E-state index in [1.54, 1.807) is 42.5 Å². The largest absolute Gasteiger partial charge is 0.744 e. The smallest absolute Gasteiger partial charge is 0.125 e. The van der Waals surface area contributed by atoms with Gasteiger partial charge in [0.1, 0.15) is 10.1 Å². The van der Waals surface area contributed by atoms with Crippen LogP contribution in [0.5, 0.6) is 0 Å². The molecular formula is C16H11N2O3S-. The van der Waals surface area contributed by atoms with Crippen LogP contribution in [0.4, 0.5) is 11.4 Å². The van der Waals surface area contributed by atoms with E-state index in [9.17, 15) is 13.0 Å². The van der Waals surface area contributed by atoms with Crippen LogP contribution in [0.25, 0.3) is 10.8 Å². The fourth-order valence-electron chi connectivity index (χ4n) is 2.14. The van der Waals surface area contributed by atoms with E-state index in [-0.39, 0.29) is 4.90 Å². The molecule has 5 nitrogen and oxygen atoms in total. The summed E-state index contributed by atoms with van der Waals surface area (Å²) in [4.78, 5) is -0.285. The van der Waals surface area contributed by atoms with Gasteiger partial charge in [-0.2, -0.15) is 10.2 Å². The van der Waals surface area contributed by atoms with Crippen molar-refractivity contribution in [1.29, 1.82) is 0 Å². The van der Waals surface area contributed by atoms with E-state index in [0.29, 0.717) is 22.1 Å². The van der Waals surface area contributed by atoms with Crippen LogP contribution in [-0.2, 0) is 10.1 Å². The van der Waals surface area contributed by atoms with Gasteiger partial charge in [-0.15, -0.1) is 0 Å². The molecular weight excluding hydrogens is 300 g/mol. The molecule has 0 heterocycles. The molecule has 6 heteroatoms. The molecule has 0 radical (unpaired) electrons. The summed E-state index contributed by atoms with van der Waals surface area (Å²) in [5.74, 6) is 0. The fourth-order valence-corrected chi connectivity index (χ4v) is 2.86. The lowest BCUT2D eigenvalue weighted by molar-refractivity contribution is 0.464. The van der Waals surface area contributed by atoms with Gasteiger partial charge in [-0.05, 0) is 35.0 Å². The van der Waals surface area contributed by atoms with Gasteiger partial charge in [0.2, 0.25) is 0 Å². The minimum atomic E-state index is -4.59. The molecule has 22 heavy (non-hydrogen) atoms. The van der Waals surface area contributed by atoms with Gasteiger partial charge in [0.25, 0.3) is 0 Å². The zero-order chi connectivity index (χ0) is 15.6. The van der Waals surface area contributed by atoms with Crippen molar-refractivity contribution in [2.45, 2.75) is 4.90 Å². The van der Waals surface area contributed by atoms with Crippen LogP contribution in [0, 0.1) is 0 Å². The number of hydrogen-bond acceptors (Lipinski definition) is 5. The zero-order valence-corrected chi connectivity index (χ0v) is 12.2. The van der Waals surface area contributed by atoms with Gasteiger partial charge >= 0.3 is 0 Å². The Morgan fingerprint density at radius 1 is 0.773 bits per heavy atom. The van der Waals surface area contributed by atoms with Crippen molar-refractivity contribution in [2.75, 3.05) is 0 Å². The highest BCUT2D eigenvalue weighted by molar-refractivity contribution is 7.86. The SMILES string of the molecule is O=S(=O)([O-])c1cc(N=Nc2ccccc2)cc2ccccc12.